The van der Waals surface area contributed by atoms with E-state index >= 15 is 0 Å². The normalized spacial score (nSPS) is 13.3. The van der Waals surface area contributed by atoms with E-state index in [4.69, 9.17) is 10.5 Å². The molecule has 0 aliphatic rings. The van der Waals surface area contributed by atoms with Gasteiger partial charge in [-0.2, -0.15) is 0 Å². The van der Waals surface area contributed by atoms with Crippen molar-refractivity contribution in [2.75, 3.05) is 13.2 Å². The van der Waals surface area contributed by atoms with Gasteiger partial charge in [-0.1, -0.05) is 56.7 Å². The Kier molecular flexibility index (Phi) is 9.32. The maximum Gasteiger partial charge on any atom is 0.119 e. The van der Waals surface area contributed by atoms with Gasteiger partial charge in [-0.3, -0.25) is 0 Å². The van der Waals surface area contributed by atoms with Crippen LogP contribution in [0.1, 0.15) is 43.4 Å². The first-order valence-electron chi connectivity index (χ1n) is 10.1. The highest BCUT2D eigenvalue weighted by molar-refractivity contribution is 5.29. The van der Waals surface area contributed by atoms with Gasteiger partial charge in [0.05, 0.1) is 12.7 Å². The predicted octanol–water partition coefficient (Wildman–Crippen LogP) is 3.45. The Morgan fingerprint density at radius 3 is 2.56 bits per heavy atom. The SMILES string of the molecule is CCCCOc1cccc(CC(N)C(O)CNCc2cccc(CC)c2)c1. The summed E-state index contributed by atoms with van der Waals surface area (Å²) in [5.74, 6) is 0.872. The lowest BCUT2D eigenvalue weighted by Crippen LogP contribution is -2.43. The highest BCUT2D eigenvalue weighted by Gasteiger charge is 2.15. The lowest BCUT2D eigenvalue weighted by atomic mass is 10.0. The number of unbranched alkanes of at least 4 members (excludes halogenated alkanes) is 1. The second kappa shape index (κ2) is 11.8. The van der Waals surface area contributed by atoms with Crippen LogP contribution in [-0.2, 0) is 19.4 Å². The number of aliphatic hydroxyl groups is 1. The van der Waals surface area contributed by atoms with Gasteiger partial charge in [0.2, 0.25) is 0 Å². The van der Waals surface area contributed by atoms with Crippen molar-refractivity contribution in [3.05, 3.63) is 65.2 Å². The first-order valence-corrected chi connectivity index (χ1v) is 10.1. The first kappa shape index (κ1) is 21.4. The molecule has 148 valence electrons. The largest absolute Gasteiger partial charge is 0.494 e. The molecule has 0 aliphatic heterocycles. The Bertz CT molecular complexity index is 675. The van der Waals surface area contributed by atoms with Crippen LogP contribution in [0.25, 0.3) is 0 Å². The smallest absolute Gasteiger partial charge is 0.119 e. The van der Waals surface area contributed by atoms with Crippen LogP contribution in [0.4, 0.5) is 0 Å². The number of hydrogen-bond acceptors (Lipinski definition) is 4. The van der Waals surface area contributed by atoms with E-state index in [1.165, 1.54) is 11.1 Å². The summed E-state index contributed by atoms with van der Waals surface area (Å²) in [6.07, 6.45) is 3.23. The summed E-state index contributed by atoms with van der Waals surface area (Å²) >= 11 is 0. The molecular weight excluding hydrogens is 336 g/mol. The zero-order valence-corrected chi connectivity index (χ0v) is 16.7. The van der Waals surface area contributed by atoms with Crippen molar-refractivity contribution in [3.8, 4) is 5.75 Å². The van der Waals surface area contributed by atoms with Crippen molar-refractivity contribution in [3.63, 3.8) is 0 Å². The lowest BCUT2D eigenvalue weighted by Gasteiger charge is -2.20. The third kappa shape index (κ3) is 7.71. The number of rotatable bonds is 12. The van der Waals surface area contributed by atoms with Crippen LogP contribution < -0.4 is 15.8 Å². The zero-order chi connectivity index (χ0) is 19.5. The van der Waals surface area contributed by atoms with Crippen molar-refractivity contribution < 1.29 is 9.84 Å². The van der Waals surface area contributed by atoms with Crippen molar-refractivity contribution in [2.45, 2.75) is 58.2 Å². The fourth-order valence-electron chi connectivity index (χ4n) is 2.98. The van der Waals surface area contributed by atoms with Gasteiger partial charge in [-0.05, 0) is 48.1 Å². The quantitative estimate of drug-likeness (QED) is 0.501. The van der Waals surface area contributed by atoms with Crippen molar-refractivity contribution in [1.29, 1.82) is 0 Å². The van der Waals surface area contributed by atoms with E-state index in [0.29, 0.717) is 13.0 Å². The van der Waals surface area contributed by atoms with Gasteiger partial charge in [-0.25, -0.2) is 0 Å². The minimum atomic E-state index is -0.593. The predicted molar refractivity (Wildman–Crippen MR) is 112 cm³/mol. The van der Waals surface area contributed by atoms with E-state index in [1.54, 1.807) is 0 Å². The van der Waals surface area contributed by atoms with E-state index in [0.717, 1.165) is 43.7 Å². The first-order chi connectivity index (χ1) is 13.1. The minimum Gasteiger partial charge on any atom is -0.494 e. The number of hydrogen-bond donors (Lipinski definition) is 3. The number of aryl methyl sites for hydroxylation is 1. The fraction of sp³-hybridized carbons (Fsp3) is 0.478. The molecule has 2 unspecified atom stereocenters. The van der Waals surface area contributed by atoms with E-state index in [9.17, 15) is 5.11 Å². The van der Waals surface area contributed by atoms with Gasteiger partial charge in [0.15, 0.2) is 0 Å². The molecule has 2 atom stereocenters. The summed E-state index contributed by atoms with van der Waals surface area (Å²) in [5.41, 5.74) is 9.86. The fourth-order valence-corrected chi connectivity index (χ4v) is 2.98. The van der Waals surface area contributed by atoms with E-state index in [1.807, 2.05) is 24.3 Å². The average molecular weight is 371 g/mol. The molecule has 0 spiro atoms. The molecule has 0 amide bonds. The van der Waals surface area contributed by atoms with Crippen LogP contribution in [0.5, 0.6) is 5.75 Å². The summed E-state index contributed by atoms with van der Waals surface area (Å²) in [5, 5.41) is 13.7. The molecule has 2 aromatic rings. The topological polar surface area (TPSA) is 67.5 Å². The van der Waals surface area contributed by atoms with Gasteiger partial charge in [-0.15, -0.1) is 0 Å². The van der Waals surface area contributed by atoms with Gasteiger partial charge >= 0.3 is 0 Å². The maximum absolute atomic E-state index is 10.4. The van der Waals surface area contributed by atoms with Crippen LogP contribution in [-0.4, -0.2) is 30.4 Å². The third-order valence-electron chi connectivity index (χ3n) is 4.71. The molecule has 2 rings (SSSR count). The van der Waals surface area contributed by atoms with E-state index < -0.39 is 6.10 Å². The molecule has 0 saturated carbocycles. The Morgan fingerprint density at radius 2 is 1.78 bits per heavy atom. The molecule has 0 heterocycles. The molecule has 27 heavy (non-hydrogen) atoms. The summed E-state index contributed by atoms with van der Waals surface area (Å²) in [4.78, 5) is 0. The van der Waals surface area contributed by atoms with Crippen LogP contribution in [0, 0.1) is 0 Å². The highest BCUT2D eigenvalue weighted by atomic mass is 16.5. The molecule has 0 aromatic heterocycles. The number of benzene rings is 2. The van der Waals surface area contributed by atoms with Crippen molar-refractivity contribution in [1.82, 2.24) is 5.32 Å². The van der Waals surface area contributed by atoms with Crippen molar-refractivity contribution >= 4 is 0 Å². The number of nitrogens with one attached hydrogen (secondary N) is 1. The van der Waals surface area contributed by atoms with E-state index in [-0.39, 0.29) is 6.04 Å². The van der Waals surface area contributed by atoms with Crippen molar-refractivity contribution in [2.24, 2.45) is 5.73 Å². The molecule has 0 fully saturated rings. The van der Waals surface area contributed by atoms with Gasteiger partial charge in [0.25, 0.3) is 0 Å². The Morgan fingerprint density at radius 1 is 1.04 bits per heavy atom. The molecular formula is C23H34N2O2. The van der Waals surface area contributed by atoms with E-state index in [2.05, 4.69) is 43.4 Å². The third-order valence-corrected chi connectivity index (χ3v) is 4.71. The maximum atomic E-state index is 10.4. The summed E-state index contributed by atoms with van der Waals surface area (Å²) < 4.78 is 5.75. The van der Waals surface area contributed by atoms with Gasteiger partial charge < -0.3 is 20.9 Å². The monoisotopic (exact) mass is 370 g/mol. The summed E-state index contributed by atoms with van der Waals surface area (Å²) in [7, 11) is 0. The average Bonchev–Trinajstić information content (AvgIpc) is 2.68. The van der Waals surface area contributed by atoms with Gasteiger partial charge in [0.1, 0.15) is 5.75 Å². The Hall–Kier alpha value is -1.88. The molecule has 4 N–H and O–H groups in total. The molecule has 2 aromatic carbocycles. The van der Waals surface area contributed by atoms with Crippen LogP contribution in [0.15, 0.2) is 48.5 Å². The Balaban J connectivity index is 1.77. The molecule has 0 radical (unpaired) electrons. The molecule has 0 bridgehead atoms. The molecule has 0 saturated heterocycles. The summed E-state index contributed by atoms with van der Waals surface area (Å²) in [6, 6.07) is 16.2. The lowest BCUT2D eigenvalue weighted by molar-refractivity contribution is 0.141. The number of aliphatic hydroxyl groups excluding tert-OH is 1. The Labute approximate surface area is 163 Å². The molecule has 0 aliphatic carbocycles. The second-order valence-electron chi connectivity index (χ2n) is 7.09. The molecule has 4 nitrogen and oxygen atoms in total. The highest BCUT2D eigenvalue weighted by Crippen LogP contribution is 2.15. The number of nitrogens with two attached hydrogens (primary N) is 1. The van der Waals surface area contributed by atoms with Crippen LogP contribution >= 0.6 is 0 Å². The minimum absolute atomic E-state index is 0.314. The van der Waals surface area contributed by atoms with Crippen LogP contribution in [0.2, 0.25) is 0 Å². The number of ether oxygens (including phenoxy) is 1. The summed E-state index contributed by atoms with van der Waals surface area (Å²) in [6.45, 7) is 6.24. The second-order valence-corrected chi connectivity index (χ2v) is 7.09. The molecule has 4 heteroatoms. The zero-order valence-electron chi connectivity index (χ0n) is 16.7. The van der Waals surface area contributed by atoms with Crippen LogP contribution in [0.3, 0.4) is 0 Å². The van der Waals surface area contributed by atoms with Gasteiger partial charge in [0, 0.05) is 19.1 Å². The standard InChI is InChI=1S/C23H34N2O2/c1-3-5-12-27-21-11-7-9-19(14-21)15-22(24)23(26)17-25-16-20-10-6-8-18(4-2)13-20/h6-11,13-14,22-23,25-26H,3-5,12,15-17,24H2,1-2H3.